The molecule has 1 aliphatic carbocycles. The zero-order valence-electron chi connectivity index (χ0n) is 7.55. The second-order valence-corrected chi connectivity index (χ2v) is 5.11. The fraction of sp³-hybridized carbons (Fsp3) is 0.444. The lowest BCUT2D eigenvalue weighted by Crippen LogP contribution is -2.36. The molecule has 1 saturated carbocycles. The molecule has 0 saturated heterocycles. The summed E-state index contributed by atoms with van der Waals surface area (Å²) in [6.07, 6.45) is 2.22. The second kappa shape index (κ2) is 4.19. The van der Waals surface area contributed by atoms with Gasteiger partial charge in [0.1, 0.15) is 0 Å². The predicted molar refractivity (Wildman–Crippen MR) is 57.7 cm³/mol. The van der Waals surface area contributed by atoms with Gasteiger partial charge < -0.3 is 10.6 Å². The molecule has 1 heterocycles. The standard InChI is InChI=1S/C9H11ClN2OS/c10-8-4-3-7(14-8)5-11-9(13)12-6-1-2-6/h3-4,6H,1-2,5H2,(H2,11,12,13). The van der Waals surface area contributed by atoms with E-state index in [2.05, 4.69) is 10.6 Å². The van der Waals surface area contributed by atoms with E-state index in [0.29, 0.717) is 12.6 Å². The van der Waals surface area contributed by atoms with Crippen molar-refractivity contribution in [3.05, 3.63) is 21.3 Å². The molecule has 2 rings (SSSR count). The third-order valence-corrected chi connectivity index (χ3v) is 3.20. The van der Waals surface area contributed by atoms with E-state index in [-0.39, 0.29) is 6.03 Å². The maximum absolute atomic E-state index is 11.2. The Kier molecular flexibility index (Phi) is 2.93. The van der Waals surface area contributed by atoms with Crippen LogP contribution in [0.2, 0.25) is 4.34 Å². The number of hydrogen-bond acceptors (Lipinski definition) is 2. The molecule has 0 bridgehead atoms. The van der Waals surface area contributed by atoms with Crippen molar-refractivity contribution in [2.75, 3.05) is 0 Å². The molecule has 14 heavy (non-hydrogen) atoms. The van der Waals surface area contributed by atoms with Gasteiger partial charge in [0.05, 0.1) is 10.9 Å². The Balaban J connectivity index is 1.73. The molecule has 2 amide bonds. The van der Waals surface area contributed by atoms with E-state index >= 15 is 0 Å². The lowest BCUT2D eigenvalue weighted by atomic mass is 10.5. The Morgan fingerprint density at radius 1 is 1.57 bits per heavy atom. The van der Waals surface area contributed by atoms with Crippen molar-refractivity contribution in [3.8, 4) is 0 Å². The number of rotatable bonds is 3. The van der Waals surface area contributed by atoms with Crippen LogP contribution in [0.3, 0.4) is 0 Å². The molecule has 2 N–H and O–H groups in total. The summed E-state index contributed by atoms with van der Waals surface area (Å²) in [6, 6.07) is 4.07. The summed E-state index contributed by atoms with van der Waals surface area (Å²) in [5.74, 6) is 0. The molecular weight excluding hydrogens is 220 g/mol. The van der Waals surface area contributed by atoms with Crippen LogP contribution in [0.4, 0.5) is 4.79 Å². The molecule has 0 unspecified atom stereocenters. The summed E-state index contributed by atoms with van der Waals surface area (Å²) < 4.78 is 0.754. The SMILES string of the molecule is O=C(NCc1ccc(Cl)s1)NC1CC1. The van der Waals surface area contributed by atoms with Gasteiger partial charge in [-0.1, -0.05) is 11.6 Å². The van der Waals surface area contributed by atoms with Gasteiger partial charge in [-0.2, -0.15) is 0 Å². The molecule has 1 aromatic heterocycles. The molecule has 76 valence electrons. The van der Waals surface area contributed by atoms with Crippen LogP contribution in [-0.4, -0.2) is 12.1 Å². The van der Waals surface area contributed by atoms with Crippen LogP contribution in [-0.2, 0) is 6.54 Å². The van der Waals surface area contributed by atoms with Gasteiger partial charge in [0.25, 0.3) is 0 Å². The summed E-state index contributed by atoms with van der Waals surface area (Å²) in [4.78, 5) is 12.3. The molecule has 5 heteroatoms. The molecule has 1 aliphatic rings. The Labute approximate surface area is 91.5 Å². The molecule has 1 fully saturated rings. The second-order valence-electron chi connectivity index (χ2n) is 3.31. The topological polar surface area (TPSA) is 41.1 Å². The number of hydrogen-bond donors (Lipinski definition) is 2. The highest BCUT2D eigenvalue weighted by Crippen LogP contribution is 2.21. The van der Waals surface area contributed by atoms with E-state index in [1.165, 1.54) is 11.3 Å². The Bertz CT molecular complexity index is 335. The third kappa shape index (κ3) is 2.89. The van der Waals surface area contributed by atoms with E-state index in [9.17, 15) is 4.79 Å². The summed E-state index contributed by atoms with van der Waals surface area (Å²) in [5.41, 5.74) is 0. The van der Waals surface area contributed by atoms with E-state index in [0.717, 1.165) is 22.1 Å². The van der Waals surface area contributed by atoms with Crippen LogP contribution in [0.15, 0.2) is 12.1 Å². The molecule has 0 atom stereocenters. The smallest absolute Gasteiger partial charge is 0.315 e. The number of urea groups is 1. The predicted octanol–water partition coefficient (Wildman–Crippen LogP) is 2.36. The van der Waals surface area contributed by atoms with Gasteiger partial charge in [0, 0.05) is 10.9 Å². The van der Waals surface area contributed by atoms with Crippen LogP contribution < -0.4 is 10.6 Å². The van der Waals surface area contributed by atoms with Crippen molar-refractivity contribution in [3.63, 3.8) is 0 Å². The summed E-state index contributed by atoms with van der Waals surface area (Å²) in [6.45, 7) is 0.552. The first-order valence-corrected chi connectivity index (χ1v) is 5.72. The van der Waals surface area contributed by atoms with Crippen LogP contribution in [0.1, 0.15) is 17.7 Å². The maximum atomic E-state index is 11.2. The van der Waals surface area contributed by atoms with Crippen molar-refractivity contribution in [2.24, 2.45) is 0 Å². The first kappa shape index (κ1) is 9.80. The minimum Gasteiger partial charge on any atom is -0.335 e. The van der Waals surface area contributed by atoms with Crippen LogP contribution in [0.25, 0.3) is 0 Å². The highest BCUT2D eigenvalue weighted by atomic mass is 35.5. The number of amides is 2. The fourth-order valence-electron chi connectivity index (χ4n) is 1.08. The number of nitrogens with one attached hydrogen (secondary N) is 2. The van der Waals surface area contributed by atoms with Gasteiger partial charge in [-0.25, -0.2) is 4.79 Å². The summed E-state index contributed by atoms with van der Waals surface area (Å²) in [5, 5.41) is 5.64. The highest BCUT2D eigenvalue weighted by molar-refractivity contribution is 7.16. The first-order chi connectivity index (χ1) is 6.74. The lowest BCUT2D eigenvalue weighted by molar-refractivity contribution is 0.240. The van der Waals surface area contributed by atoms with Gasteiger partial charge >= 0.3 is 6.03 Å². The minimum atomic E-state index is -0.0861. The van der Waals surface area contributed by atoms with Crippen molar-refractivity contribution in [1.29, 1.82) is 0 Å². The average Bonchev–Trinajstić information content (AvgIpc) is 2.85. The van der Waals surface area contributed by atoms with Crippen molar-refractivity contribution >= 4 is 29.0 Å². The Hall–Kier alpha value is -0.740. The maximum Gasteiger partial charge on any atom is 0.315 e. The van der Waals surface area contributed by atoms with Crippen molar-refractivity contribution in [1.82, 2.24) is 10.6 Å². The van der Waals surface area contributed by atoms with Crippen molar-refractivity contribution < 1.29 is 4.79 Å². The molecule has 0 spiro atoms. The number of carbonyl (C=O) groups excluding carboxylic acids is 1. The number of thiophene rings is 1. The van der Waals surface area contributed by atoms with Gasteiger partial charge in [0.15, 0.2) is 0 Å². The quantitative estimate of drug-likeness (QED) is 0.823. The van der Waals surface area contributed by atoms with Crippen LogP contribution in [0, 0.1) is 0 Å². The van der Waals surface area contributed by atoms with Gasteiger partial charge in [-0.15, -0.1) is 11.3 Å². The fourth-order valence-corrected chi connectivity index (χ4v) is 2.11. The third-order valence-electron chi connectivity index (χ3n) is 1.96. The molecule has 1 aromatic rings. The molecule has 0 aliphatic heterocycles. The van der Waals surface area contributed by atoms with E-state index in [1.54, 1.807) is 0 Å². The monoisotopic (exact) mass is 230 g/mol. The molecule has 0 aromatic carbocycles. The molecule has 3 nitrogen and oxygen atoms in total. The average molecular weight is 231 g/mol. The van der Waals surface area contributed by atoms with Crippen LogP contribution in [0.5, 0.6) is 0 Å². The normalized spacial score (nSPS) is 15.2. The summed E-state index contributed by atoms with van der Waals surface area (Å²) in [7, 11) is 0. The first-order valence-electron chi connectivity index (χ1n) is 4.52. The summed E-state index contributed by atoms with van der Waals surface area (Å²) >= 11 is 7.25. The van der Waals surface area contributed by atoms with Gasteiger partial charge in [0.2, 0.25) is 0 Å². The Morgan fingerprint density at radius 3 is 2.93 bits per heavy atom. The number of carbonyl (C=O) groups is 1. The van der Waals surface area contributed by atoms with Crippen LogP contribution >= 0.6 is 22.9 Å². The number of halogens is 1. The van der Waals surface area contributed by atoms with E-state index < -0.39 is 0 Å². The minimum absolute atomic E-state index is 0.0861. The zero-order chi connectivity index (χ0) is 9.97. The largest absolute Gasteiger partial charge is 0.335 e. The van der Waals surface area contributed by atoms with E-state index in [4.69, 9.17) is 11.6 Å². The highest BCUT2D eigenvalue weighted by Gasteiger charge is 2.22. The lowest BCUT2D eigenvalue weighted by Gasteiger charge is -2.04. The van der Waals surface area contributed by atoms with Gasteiger partial charge in [-0.05, 0) is 25.0 Å². The Morgan fingerprint density at radius 2 is 2.36 bits per heavy atom. The molecule has 0 radical (unpaired) electrons. The zero-order valence-corrected chi connectivity index (χ0v) is 9.12. The van der Waals surface area contributed by atoms with Gasteiger partial charge in [-0.3, -0.25) is 0 Å². The van der Waals surface area contributed by atoms with Crippen molar-refractivity contribution in [2.45, 2.75) is 25.4 Å². The van der Waals surface area contributed by atoms with E-state index in [1.807, 2.05) is 12.1 Å². The molecular formula is C9H11ClN2OS.